The van der Waals surface area contributed by atoms with Crippen molar-refractivity contribution in [2.45, 2.75) is 51.4 Å². The first-order chi connectivity index (χ1) is 12.7. The number of ether oxygens (including phenoxy) is 2. The zero-order chi connectivity index (χ0) is 19.8. The van der Waals surface area contributed by atoms with Crippen LogP contribution < -0.4 is 10.1 Å². The van der Waals surface area contributed by atoms with E-state index in [0.717, 1.165) is 11.4 Å². The molecule has 6 nitrogen and oxygen atoms in total. The summed E-state index contributed by atoms with van der Waals surface area (Å²) in [5, 5.41) is 2.61. The van der Waals surface area contributed by atoms with E-state index in [1.807, 2.05) is 4.90 Å². The molecular weight excluding hydrogens is 356 g/mol. The van der Waals surface area contributed by atoms with Crippen LogP contribution in [-0.4, -0.2) is 54.8 Å². The molecule has 1 saturated heterocycles. The largest absolute Gasteiger partial charge is 0.494 e. The fraction of sp³-hybridized carbons (Fsp3) is 0.579. The van der Waals surface area contributed by atoms with E-state index in [2.05, 4.69) is 10.3 Å². The number of nitrogens with one attached hydrogen (secondary N) is 1. The highest BCUT2D eigenvalue weighted by Gasteiger charge is 2.34. The van der Waals surface area contributed by atoms with E-state index in [-0.39, 0.29) is 18.8 Å². The monoisotopic (exact) mass is 381 g/mol. The van der Waals surface area contributed by atoms with Crippen molar-refractivity contribution in [1.29, 1.82) is 0 Å². The van der Waals surface area contributed by atoms with Crippen molar-refractivity contribution in [2.75, 3.05) is 20.2 Å². The van der Waals surface area contributed by atoms with Gasteiger partial charge < -0.3 is 19.7 Å². The quantitative estimate of drug-likeness (QED) is 0.853. The summed E-state index contributed by atoms with van der Waals surface area (Å²) in [7, 11) is 1.47. The molecule has 0 aliphatic carbocycles. The number of fused-ring (bicyclic) bond motifs is 1. The first kappa shape index (κ1) is 19.4. The highest BCUT2D eigenvalue weighted by Crippen LogP contribution is 2.38. The second kappa shape index (κ2) is 7.32. The second-order valence-electron chi connectivity index (χ2n) is 7.82. The maximum atomic E-state index is 14.3. The molecule has 1 aromatic rings. The van der Waals surface area contributed by atoms with Crippen molar-refractivity contribution in [3.05, 3.63) is 23.5 Å². The van der Waals surface area contributed by atoms with Gasteiger partial charge >= 0.3 is 6.09 Å². The van der Waals surface area contributed by atoms with Crippen LogP contribution in [0.15, 0.2) is 17.1 Å². The van der Waals surface area contributed by atoms with Crippen molar-refractivity contribution in [3.8, 4) is 5.75 Å². The minimum absolute atomic E-state index is 0.265. The van der Waals surface area contributed by atoms with Crippen molar-refractivity contribution in [3.63, 3.8) is 0 Å². The minimum Gasteiger partial charge on any atom is -0.494 e. The fourth-order valence-corrected chi connectivity index (χ4v) is 3.32. The number of benzene rings is 1. The van der Waals surface area contributed by atoms with E-state index in [0.29, 0.717) is 24.4 Å². The fourth-order valence-electron chi connectivity index (χ4n) is 3.32. The van der Waals surface area contributed by atoms with Crippen molar-refractivity contribution in [2.24, 2.45) is 4.99 Å². The van der Waals surface area contributed by atoms with Crippen LogP contribution in [0.3, 0.4) is 0 Å². The summed E-state index contributed by atoms with van der Waals surface area (Å²) in [5.74, 6) is 0.717. The number of hydrogen-bond acceptors (Lipinski definition) is 5. The highest BCUT2D eigenvalue weighted by molar-refractivity contribution is 5.93. The summed E-state index contributed by atoms with van der Waals surface area (Å²) in [6.07, 6.45) is -1.09. The Morgan fingerprint density at radius 2 is 2.11 bits per heavy atom. The molecule has 0 unspecified atom stereocenters. The molecular formula is C19H25F2N3O3. The maximum absolute atomic E-state index is 14.3. The van der Waals surface area contributed by atoms with E-state index in [1.165, 1.54) is 19.2 Å². The summed E-state index contributed by atoms with van der Waals surface area (Å²) in [4.78, 5) is 18.5. The van der Waals surface area contributed by atoms with Gasteiger partial charge in [0.15, 0.2) is 0 Å². The molecule has 0 aromatic heterocycles. The van der Waals surface area contributed by atoms with Crippen LogP contribution in [0.25, 0.3) is 0 Å². The van der Waals surface area contributed by atoms with Crippen LogP contribution in [0.5, 0.6) is 5.75 Å². The van der Waals surface area contributed by atoms with Gasteiger partial charge in [0.05, 0.1) is 13.2 Å². The van der Waals surface area contributed by atoms with E-state index >= 15 is 0 Å². The molecule has 0 bridgehead atoms. The number of nitrogens with zero attached hydrogens (tertiary/aromatic N) is 2. The molecule has 0 saturated carbocycles. The Balaban J connectivity index is 1.70. The van der Waals surface area contributed by atoms with Gasteiger partial charge in [-0.3, -0.25) is 0 Å². The number of methoxy groups -OCH3 is 1. The van der Waals surface area contributed by atoms with E-state index < -0.39 is 23.9 Å². The Labute approximate surface area is 157 Å². The molecule has 2 aliphatic heterocycles. The number of alkyl halides is 1. The van der Waals surface area contributed by atoms with Crippen LogP contribution in [0.4, 0.5) is 19.3 Å². The highest BCUT2D eigenvalue weighted by atomic mass is 19.1. The summed E-state index contributed by atoms with van der Waals surface area (Å²) >= 11 is 0. The number of halogens is 2. The summed E-state index contributed by atoms with van der Waals surface area (Å²) < 4.78 is 38.5. The molecule has 1 aromatic carbocycles. The van der Waals surface area contributed by atoms with Crippen LogP contribution in [0, 0.1) is 5.82 Å². The zero-order valence-corrected chi connectivity index (χ0v) is 16.0. The Morgan fingerprint density at radius 3 is 2.78 bits per heavy atom. The average Bonchev–Trinajstić information content (AvgIpc) is 2.98. The number of piperidine rings is 1. The van der Waals surface area contributed by atoms with E-state index in [9.17, 15) is 13.6 Å². The van der Waals surface area contributed by atoms with Gasteiger partial charge in [-0.05, 0) is 38.8 Å². The third kappa shape index (κ3) is 4.48. The van der Waals surface area contributed by atoms with Gasteiger partial charge in [0.2, 0.25) is 0 Å². The van der Waals surface area contributed by atoms with E-state index in [1.54, 1.807) is 20.8 Å². The van der Waals surface area contributed by atoms with Crippen molar-refractivity contribution < 1.29 is 23.0 Å². The lowest BCUT2D eigenvalue weighted by Crippen LogP contribution is -2.55. The summed E-state index contributed by atoms with van der Waals surface area (Å²) in [6.45, 7) is 6.01. The number of alkyl carbamates (subject to hydrolysis) is 1. The topological polar surface area (TPSA) is 63.2 Å². The Morgan fingerprint density at radius 1 is 1.37 bits per heavy atom. The SMILES string of the molecule is COc1cc(F)cc2c1N=C(N1CC[C@@H](F)[C@H](NC(=O)OC(C)(C)C)C1)C2. The lowest BCUT2D eigenvalue weighted by atomic mass is 10.0. The molecule has 1 N–H and O–H groups in total. The van der Waals surface area contributed by atoms with Crippen molar-refractivity contribution >= 4 is 17.6 Å². The molecule has 0 radical (unpaired) electrons. The van der Waals surface area contributed by atoms with E-state index in [4.69, 9.17) is 9.47 Å². The molecule has 3 rings (SSSR count). The average molecular weight is 381 g/mol. The van der Waals surface area contributed by atoms with Crippen LogP contribution in [0.1, 0.15) is 32.8 Å². The Hall–Kier alpha value is -2.38. The lowest BCUT2D eigenvalue weighted by Gasteiger charge is -2.36. The zero-order valence-electron chi connectivity index (χ0n) is 16.0. The molecule has 1 amide bonds. The lowest BCUT2D eigenvalue weighted by molar-refractivity contribution is 0.0431. The smallest absolute Gasteiger partial charge is 0.408 e. The Kier molecular flexibility index (Phi) is 5.26. The molecule has 0 spiro atoms. The van der Waals surface area contributed by atoms with Gasteiger partial charge in [0, 0.05) is 25.6 Å². The van der Waals surface area contributed by atoms with Gasteiger partial charge in [0.25, 0.3) is 0 Å². The van der Waals surface area contributed by atoms with Gasteiger partial charge in [-0.15, -0.1) is 0 Å². The molecule has 2 atom stereocenters. The number of carbonyl (C=O) groups excluding carboxylic acids is 1. The van der Waals surface area contributed by atoms with Gasteiger partial charge in [-0.25, -0.2) is 18.6 Å². The van der Waals surface area contributed by atoms with Crippen LogP contribution >= 0.6 is 0 Å². The number of hydrogen-bond donors (Lipinski definition) is 1. The van der Waals surface area contributed by atoms with Gasteiger partial charge in [0.1, 0.15) is 34.9 Å². The minimum atomic E-state index is -1.16. The number of likely N-dealkylation sites (tertiary alicyclic amines) is 1. The molecule has 2 heterocycles. The maximum Gasteiger partial charge on any atom is 0.408 e. The first-order valence-electron chi connectivity index (χ1n) is 8.99. The van der Waals surface area contributed by atoms with Crippen LogP contribution in [-0.2, 0) is 11.2 Å². The summed E-state index contributed by atoms with van der Waals surface area (Å²) in [6, 6.07) is 2.04. The number of rotatable bonds is 2. The molecule has 8 heteroatoms. The number of amidine groups is 1. The third-order valence-electron chi connectivity index (χ3n) is 4.52. The first-order valence-corrected chi connectivity index (χ1v) is 8.99. The standard InChI is InChI=1S/C19H25F2N3O3/c1-19(2,3)27-18(25)22-14-10-24(6-5-13(14)21)16-8-11-7-12(20)9-15(26-4)17(11)23-16/h7,9,13-14H,5-6,8,10H2,1-4H3,(H,22,25)/t13-,14-/m1/s1. The van der Waals surface area contributed by atoms with Crippen LogP contribution in [0.2, 0.25) is 0 Å². The van der Waals surface area contributed by atoms with Gasteiger partial charge in [-0.2, -0.15) is 0 Å². The summed E-state index contributed by atoms with van der Waals surface area (Å²) in [5.41, 5.74) is 0.691. The molecule has 27 heavy (non-hydrogen) atoms. The second-order valence-corrected chi connectivity index (χ2v) is 7.82. The van der Waals surface area contributed by atoms with Crippen molar-refractivity contribution in [1.82, 2.24) is 10.2 Å². The predicted molar refractivity (Wildman–Crippen MR) is 98.0 cm³/mol. The number of carbonyl (C=O) groups is 1. The van der Waals surface area contributed by atoms with Gasteiger partial charge in [-0.1, -0.05) is 0 Å². The third-order valence-corrected chi connectivity index (χ3v) is 4.52. The molecule has 1 fully saturated rings. The molecule has 148 valence electrons. The number of amides is 1. The predicted octanol–water partition coefficient (Wildman–Crippen LogP) is 3.36. The molecule has 2 aliphatic rings. The Bertz CT molecular complexity index is 761. The normalized spacial score (nSPS) is 22.1. The number of aliphatic imine (C=N–C) groups is 1.